The molecule has 1 aromatic heterocycles. The second kappa shape index (κ2) is 6.20. The number of primary amides is 1. The fraction of sp³-hybridized carbons (Fsp3) is 0.267. The van der Waals surface area contributed by atoms with Crippen LogP contribution in [0.15, 0.2) is 47.1 Å². The van der Waals surface area contributed by atoms with E-state index in [0.717, 1.165) is 17.7 Å². The van der Waals surface area contributed by atoms with Crippen LogP contribution in [0.25, 0.3) is 0 Å². The Labute approximate surface area is 112 Å². The van der Waals surface area contributed by atoms with Crippen molar-refractivity contribution in [1.82, 2.24) is 5.32 Å². The minimum atomic E-state index is -0.403. The Hall–Kier alpha value is -2.07. The van der Waals surface area contributed by atoms with Crippen molar-refractivity contribution < 1.29 is 9.21 Å². The average molecular weight is 258 g/mol. The van der Waals surface area contributed by atoms with Gasteiger partial charge >= 0.3 is 0 Å². The Kier molecular flexibility index (Phi) is 4.36. The third-order valence-corrected chi connectivity index (χ3v) is 3.06. The number of carbonyl (C=O) groups is 1. The predicted octanol–water partition coefficient (Wildman–Crippen LogP) is 2.62. The highest BCUT2D eigenvalue weighted by atomic mass is 16.3. The molecule has 4 nitrogen and oxygen atoms in total. The summed E-state index contributed by atoms with van der Waals surface area (Å²) in [5.41, 5.74) is 6.83. The highest BCUT2D eigenvalue weighted by Crippen LogP contribution is 2.17. The molecule has 1 atom stereocenters. The molecule has 19 heavy (non-hydrogen) atoms. The second-order valence-corrected chi connectivity index (χ2v) is 4.42. The Morgan fingerprint density at radius 3 is 2.84 bits per heavy atom. The van der Waals surface area contributed by atoms with Crippen LogP contribution < -0.4 is 11.1 Å². The van der Waals surface area contributed by atoms with Crippen molar-refractivity contribution >= 4 is 5.91 Å². The SMILES string of the molecule is CCC(NCc1cccc(C(N)=O)c1)c1ccco1. The summed E-state index contributed by atoms with van der Waals surface area (Å²) >= 11 is 0. The highest BCUT2D eigenvalue weighted by molar-refractivity contribution is 5.92. The first-order valence-corrected chi connectivity index (χ1v) is 6.36. The van der Waals surface area contributed by atoms with Gasteiger partial charge in [0.1, 0.15) is 5.76 Å². The van der Waals surface area contributed by atoms with E-state index in [2.05, 4.69) is 12.2 Å². The Morgan fingerprint density at radius 2 is 2.21 bits per heavy atom. The highest BCUT2D eigenvalue weighted by Gasteiger charge is 2.11. The zero-order chi connectivity index (χ0) is 13.7. The lowest BCUT2D eigenvalue weighted by Gasteiger charge is -2.14. The van der Waals surface area contributed by atoms with Crippen LogP contribution in [0.1, 0.15) is 41.1 Å². The Morgan fingerprint density at radius 1 is 1.37 bits per heavy atom. The van der Waals surface area contributed by atoms with Gasteiger partial charge in [0.05, 0.1) is 12.3 Å². The van der Waals surface area contributed by atoms with Gasteiger partial charge in [-0.3, -0.25) is 4.79 Å². The average Bonchev–Trinajstić information content (AvgIpc) is 2.94. The summed E-state index contributed by atoms with van der Waals surface area (Å²) in [4.78, 5) is 11.1. The van der Waals surface area contributed by atoms with Gasteiger partial charge in [-0.05, 0) is 36.2 Å². The van der Waals surface area contributed by atoms with Gasteiger partial charge in [0.15, 0.2) is 0 Å². The number of hydrogen-bond donors (Lipinski definition) is 2. The van der Waals surface area contributed by atoms with Crippen LogP contribution in [0.3, 0.4) is 0 Å². The molecule has 2 aromatic rings. The quantitative estimate of drug-likeness (QED) is 0.836. The third kappa shape index (κ3) is 3.45. The molecule has 2 rings (SSSR count). The third-order valence-electron chi connectivity index (χ3n) is 3.06. The normalized spacial score (nSPS) is 12.3. The lowest BCUT2D eigenvalue weighted by Crippen LogP contribution is -2.20. The van der Waals surface area contributed by atoms with Gasteiger partial charge in [-0.25, -0.2) is 0 Å². The van der Waals surface area contributed by atoms with Crippen molar-refractivity contribution in [3.8, 4) is 0 Å². The molecule has 0 bridgehead atoms. The van der Waals surface area contributed by atoms with E-state index in [4.69, 9.17) is 10.2 Å². The van der Waals surface area contributed by atoms with Crippen molar-refractivity contribution in [1.29, 1.82) is 0 Å². The zero-order valence-electron chi connectivity index (χ0n) is 10.9. The van der Waals surface area contributed by atoms with E-state index in [1.54, 1.807) is 12.3 Å². The van der Waals surface area contributed by atoms with Crippen molar-refractivity contribution in [2.45, 2.75) is 25.9 Å². The first-order chi connectivity index (χ1) is 9.20. The van der Waals surface area contributed by atoms with Crippen LogP contribution in [0.5, 0.6) is 0 Å². The number of hydrogen-bond acceptors (Lipinski definition) is 3. The van der Waals surface area contributed by atoms with E-state index >= 15 is 0 Å². The van der Waals surface area contributed by atoms with Gasteiger partial charge in [0, 0.05) is 12.1 Å². The van der Waals surface area contributed by atoms with Crippen molar-refractivity contribution in [3.63, 3.8) is 0 Å². The largest absolute Gasteiger partial charge is 0.468 e. The number of nitrogens with one attached hydrogen (secondary N) is 1. The van der Waals surface area contributed by atoms with Crippen LogP contribution >= 0.6 is 0 Å². The molecule has 0 aliphatic heterocycles. The van der Waals surface area contributed by atoms with Crippen molar-refractivity contribution in [3.05, 3.63) is 59.5 Å². The summed E-state index contributed by atoms with van der Waals surface area (Å²) in [6.45, 7) is 2.76. The maximum Gasteiger partial charge on any atom is 0.248 e. The molecule has 0 saturated heterocycles. The van der Waals surface area contributed by atoms with Gasteiger partial charge in [-0.15, -0.1) is 0 Å². The van der Waals surface area contributed by atoms with E-state index in [0.29, 0.717) is 12.1 Å². The fourth-order valence-corrected chi connectivity index (χ4v) is 2.01. The molecule has 0 radical (unpaired) electrons. The zero-order valence-corrected chi connectivity index (χ0v) is 10.9. The van der Waals surface area contributed by atoms with Crippen LogP contribution in [0.2, 0.25) is 0 Å². The van der Waals surface area contributed by atoms with Crippen LogP contribution in [-0.4, -0.2) is 5.91 Å². The number of rotatable bonds is 6. The molecule has 1 aromatic carbocycles. The van der Waals surface area contributed by atoms with Crippen LogP contribution in [-0.2, 0) is 6.54 Å². The van der Waals surface area contributed by atoms with Crippen molar-refractivity contribution in [2.24, 2.45) is 5.73 Å². The maximum atomic E-state index is 11.1. The van der Waals surface area contributed by atoms with E-state index < -0.39 is 5.91 Å². The first-order valence-electron chi connectivity index (χ1n) is 6.36. The van der Waals surface area contributed by atoms with Gasteiger partial charge < -0.3 is 15.5 Å². The molecule has 1 amide bonds. The molecule has 3 N–H and O–H groups in total. The molecule has 1 unspecified atom stereocenters. The molecule has 0 aliphatic carbocycles. The molecule has 4 heteroatoms. The summed E-state index contributed by atoms with van der Waals surface area (Å²) < 4.78 is 5.40. The molecule has 100 valence electrons. The Bertz CT molecular complexity index is 535. The molecule has 0 fully saturated rings. The summed E-state index contributed by atoms with van der Waals surface area (Å²) in [6.07, 6.45) is 2.61. The number of amides is 1. The lowest BCUT2D eigenvalue weighted by molar-refractivity contribution is 0.1000. The van der Waals surface area contributed by atoms with E-state index in [1.807, 2.05) is 30.3 Å². The van der Waals surface area contributed by atoms with Crippen molar-refractivity contribution in [2.75, 3.05) is 0 Å². The Balaban J connectivity index is 2.01. The number of carbonyl (C=O) groups excluding carboxylic acids is 1. The van der Waals surface area contributed by atoms with E-state index in [9.17, 15) is 4.79 Å². The second-order valence-electron chi connectivity index (χ2n) is 4.42. The number of benzene rings is 1. The summed E-state index contributed by atoms with van der Waals surface area (Å²) in [7, 11) is 0. The van der Waals surface area contributed by atoms with Gasteiger partial charge in [0.2, 0.25) is 5.91 Å². The smallest absolute Gasteiger partial charge is 0.248 e. The summed E-state index contributed by atoms with van der Waals surface area (Å²) in [5, 5.41) is 3.41. The molecular formula is C15H18N2O2. The lowest BCUT2D eigenvalue weighted by atomic mass is 10.1. The van der Waals surface area contributed by atoms with Crippen LogP contribution in [0.4, 0.5) is 0 Å². The topological polar surface area (TPSA) is 68.3 Å². The first kappa shape index (κ1) is 13.4. The minimum absolute atomic E-state index is 0.173. The van der Waals surface area contributed by atoms with Gasteiger partial charge in [-0.2, -0.15) is 0 Å². The molecule has 0 aliphatic rings. The van der Waals surface area contributed by atoms with Crippen LogP contribution in [0, 0.1) is 0 Å². The van der Waals surface area contributed by atoms with Gasteiger partial charge in [-0.1, -0.05) is 19.1 Å². The number of furan rings is 1. The standard InChI is InChI=1S/C15H18N2O2/c1-2-13(14-7-4-8-19-14)17-10-11-5-3-6-12(9-11)15(16)18/h3-9,13,17H,2,10H2,1H3,(H2,16,18). The van der Waals surface area contributed by atoms with E-state index in [-0.39, 0.29) is 6.04 Å². The summed E-state index contributed by atoms with van der Waals surface area (Å²) in [5.74, 6) is 0.522. The monoisotopic (exact) mass is 258 g/mol. The minimum Gasteiger partial charge on any atom is -0.468 e. The fourth-order valence-electron chi connectivity index (χ4n) is 2.01. The van der Waals surface area contributed by atoms with Gasteiger partial charge in [0.25, 0.3) is 0 Å². The van der Waals surface area contributed by atoms with E-state index in [1.165, 1.54) is 0 Å². The maximum absolute atomic E-state index is 11.1. The number of nitrogens with two attached hydrogens (primary N) is 1. The predicted molar refractivity (Wildman–Crippen MR) is 73.5 cm³/mol. The molecule has 0 spiro atoms. The summed E-state index contributed by atoms with van der Waals surface area (Å²) in [6, 6.07) is 11.3. The molecular weight excluding hydrogens is 240 g/mol. The molecule has 1 heterocycles. The molecule has 0 saturated carbocycles.